The summed E-state index contributed by atoms with van der Waals surface area (Å²) in [7, 11) is 1.20. The maximum atomic E-state index is 13.1. The van der Waals surface area contributed by atoms with Crippen molar-refractivity contribution in [2.45, 2.75) is 6.92 Å². The zero-order valence-electron chi connectivity index (χ0n) is 7.04. The van der Waals surface area contributed by atoms with Gasteiger partial charge in [0, 0.05) is 0 Å². The fourth-order valence-electron chi connectivity index (χ4n) is 0.810. The monoisotopic (exact) mass is 186 g/mol. The number of carboxylic acid groups (broad SMARTS) is 1. The zero-order valence-corrected chi connectivity index (χ0v) is 7.04. The van der Waals surface area contributed by atoms with Crippen molar-refractivity contribution in [3.8, 4) is 5.88 Å². The van der Waals surface area contributed by atoms with Crippen molar-refractivity contribution < 1.29 is 19.0 Å². The molecule has 0 aliphatic rings. The van der Waals surface area contributed by atoms with E-state index in [0.29, 0.717) is 0 Å². The summed E-state index contributed by atoms with van der Waals surface area (Å²) in [5, 5.41) is 8.52. The highest BCUT2D eigenvalue weighted by Crippen LogP contribution is 2.15. The maximum Gasteiger partial charge on any atom is 0.357 e. The third kappa shape index (κ3) is 1.71. The van der Waals surface area contributed by atoms with E-state index >= 15 is 0 Å². The SMILES string of the molecule is COc1nc(C)nc(C(=O)O)c1F. The van der Waals surface area contributed by atoms with Gasteiger partial charge in [-0.25, -0.2) is 9.78 Å². The summed E-state index contributed by atoms with van der Waals surface area (Å²) in [6.07, 6.45) is 0. The van der Waals surface area contributed by atoms with Gasteiger partial charge in [-0.2, -0.15) is 9.37 Å². The number of rotatable bonds is 2. The van der Waals surface area contributed by atoms with E-state index in [2.05, 4.69) is 14.7 Å². The van der Waals surface area contributed by atoms with Gasteiger partial charge in [0.1, 0.15) is 5.82 Å². The summed E-state index contributed by atoms with van der Waals surface area (Å²) < 4.78 is 17.6. The minimum atomic E-state index is -1.44. The van der Waals surface area contributed by atoms with Gasteiger partial charge in [0.25, 0.3) is 5.88 Å². The summed E-state index contributed by atoms with van der Waals surface area (Å²) in [5.74, 6) is -2.71. The molecule has 0 unspecified atom stereocenters. The van der Waals surface area contributed by atoms with E-state index in [-0.39, 0.29) is 11.7 Å². The molecule has 0 aliphatic heterocycles. The van der Waals surface area contributed by atoms with E-state index in [1.54, 1.807) is 0 Å². The highest BCUT2D eigenvalue weighted by atomic mass is 19.1. The first-order valence-corrected chi connectivity index (χ1v) is 3.37. The molecule has 0 bridgehead atoms. The Balaban J connectivity index is 3.35. The van der Waals surface area contributed by atoms with Crippen molar-refractivity contribution in [1.29, 1.82) is 0 Å². The molecular formula is C7H7FN2O3. The molecule has 0 aromatic carbocycles. The Hall–Kier alpha value is -1.72. The molecule has 0 radical (unpaired) electrons. The van der Waals surface area contributed by atoms with E-state index in [1.807, 2.05) is 0 Å². The van der Waals surface area contributed by atoms with Crippen LogP contribution in [0.4, 0.5) is 4.39 Å². The van der Waals surface area contributed by atoms with E-state index in [1.165, 1.54) is 14.0 Å². The lowest BCUT2D eigenvalue weighted by Gasteiger charge is -2.03. The van der Waals surface area contributed by atoms with Gasteiger partial charge in [-0.1, -0.05) is 0 Å². The molecule has 6 heteroatoms. The van der Waals surface area contributed by atoms with Crippen LogP contribution >= 0.6 is 0 Å². The normalized spacial score (nSPS) is 9.77. The molecule has 0 fully saturated rings. The Labute approximate surface area is 73.2 Å². The van der Waals surface area contributed by atoms with Crippen molar-refractivity contribution >= 4 is 5.97 Å². The number of aromatic nitrogens is 2. The average Bonchev–Trinajstić information content (AvgIpc) is 2.08. The molecule has 5 nitrogen and oxygen atoms in total. The molecule has 0 atom stereocenters. The van der Waals surface area contributed by atoms with E-state index in [0.717, 1.165) is 0 Å². The standard InChI is InChI=1S/C7H7FN2O3/c1-3-9-5(7(11)12)4(8)6(10-3)13-2/h1-2H3,(H,11,12). The molecule has 70 valence electrons. The van der Waals surface area contributed by atoms with Crippen LogP contribution < -0.4 is 4.74 Å². The molecule has 0 saturated carbocycles. The second-order valence-corrected chi connectivity index (χ2v) is 2.25. The Morgan fingerprint density at radius 2 is 2.15 bits per heavy atom. The van der Waals surface area contributed by atoms with Crippen LogP contribution in [0.5, 0.6) is 5.88 Å². The Bertz CT molecular complexity index is 354. The number of aromatic carboxylic acids is 1. The third-order valence-corrected chi connectivity index (χ3v) is 1.33. The molecule has 1 heterocycles. The van der Waals surface area contributed by atoms with Gasteiger partial charge < -0.3 is 9.84 Å². The number of carbonyl (C=O) groups is 1. The summed E-state index contributed by atoms with van der Waals surface area (Å²) in [4.78, 5) is 17.4. The first kappa shape index (κ1) is 9.37. The number of hydrogen-bond donors (Lipinski definition) is 1. The number of ether oxygens (including phenoxy) is 1. The van der Waals surface area contributed by atoms with Crippen LogP contribution in [-0.2, 0) is 0 Å². The van der Waals surface area contributed by atoms with Crippen LogP contribution in [0, 0.1) is 12.7 Å². The molecule has 0 amide bonds. The molecule has 1 aromatic heterocycles. The second kappa shape index (κ2) is 3.34. The Morgan fingerprint density at radius 1 is 1.54 bits per heavy atom. The van der Waals surface area contributed by atoms with Crippen molar-refractivity contribution in [2.24, 2.45) is 0 Å². The lowest BCUT2D eigenvalue weighted by molar-refractivity contribution is 0.0683. The van der Waals surface area contributed by atoms with Gasteiger partial charge in [0.15, 0.2) is 5.69 Å². The van der Waals surface area contributed by atoms with Crippen LogP contribution in [0.1, 0.15) is 16.3 Å². The van der Waals surface area contributed by atoms with Crippen LogP contribution in [0.3, 0.4) is 0 Å². The third-order valence-electron chi connectivity index (χ3n) is 1.33. The minimum Gasteiger partial charge on any atom is -0.479 e. The summed E-state index contributed by atoms with van der Waals surface area (Å²) in [5.41, 5.74) is -0.677. The molecule has 0 aliphatic carbocycles. The van der Waals surface area contributed by atoms with Gasteiger partial charge in [-0.05, 0) is 6.92 Å². The molecule has 0 saturated heterocycles. The minimum absolute atomic E-state index is 0.149. The number of methoxy groups -OCH3 is 1. The lowest BCUT2D eigenvalue weighted by atomic mass is 10.3. The molecular weight excluding hydrogens is 179 g/mol. The van der Waals surface area contributed by atoms with E-state index in [4.69, 9.17) is 5.11 Å². The highest BCUT2D eigenvalue weighted by Gasteiger charge is 2.18. The fourth-order valence-corrected chi connectivity index (χ4v) is 0.810. The van der Waals surface area contributed by atoms with Crippen molar-refractivity contribution in [2.75, 3.05) is 7.11 Å². The molecule has 13 heavy (non-hydrogen) atoms. The first-order valence-electron chi connectivity index (χ1n) is 3.37. The largest absolute Gasteiger partial charge is 0.479 e. The highest BCUT2D eigenvalue weighted by molar-refractivity contribution is 5.85. The van der Waals surface area contributed by atoms with E-state index in [9.17, 15) is 9.18 Å². The second-order valence-electron chi connectivity index (χ2n) is 2.25. The van der Waals surface area contributed by atoms with Crippen molar-refractivity contribution in [3.63, 3.8) is 0 Å². The number of aryl methyl sites for hydroxylation is 1. The van der Waals surface area contributed by atoms with Crippen LogP contribution in [0.2, 0.25) is 0 Å². The Morgan fingerprint density at radius 3 is 2.62 bits per heavy atom. The van der Waals surface area contributed by atoms with Gasteiger partial charge in [0.2, 0.25) is 5.82 Å². The fraction of sp³-hybridized carbons (Fsp3) is 0.286. The van der Waals surface area contributed by atoms with Gasteiger partial charge in [-0.15, -0.1) is 0 Å². The number of nitrogens with zero attached hydrogens (tertiary/aromatic N) is 2. The zero-order chi connectivity index (χ0) is 10.0. The molecule has 1 rings (SSSR count). The smallest absolute Gasteiger partial charge is 0.357 e. The van der Waals surface area contributed by atoms with Crippen LogP contribution in [0.15, 0.2) is 0 Å². The van der Waals surface area contributed by atoms with Gasteiger partial charge in [0.05, 0.1) is 7.11 Å². The maximum absolute atomic E-state index is 13.1. The van der Waals surface area contributed by atoms with E-state index < -0.39 is 17.5 Å². The summed E-state index contributed by atoms with van der Waals surface area (Å²) >= 11 is 0. The number of carboxylic acids is 1. The van der Waals surface area contributed by atoms with Crippen molar-refractivity contribution in [1.82, 2.24) is 9.97 Å². The average molecular weight is 186 g/mol. The first-order chi connectivity index (χ1) is 6.06. The predicted molar refractivity (Wildman–Crippen MR) is 40.2 cm³/mol. The molecule has 1 N–H and O–H groups in total. The van der Waals surface area contributed by atoms with Crippen LogP contribution in [-0.4, -0.2) is 28.2 Å². The summed E-state index contributed by atoms with van der Waals surface area (Å²) in [6, 6.07) is 0. The van der Waals surface area contributed by atoms with Gasteiger partial charge in [-0.3, -0.25) is 0 Å². The number of halogens is 1. The lowest BCUT2D eigenvalue weighted by Crippen LogP contribution is -2.09. The van der Waals surface area contributed by atoms with Gasteiger partial charge >= 0.3 is 5.97 Å². The quantitative estimate of drug-likeness (QED) is 0.733. The predicted octanol–water partition coefficient (Wildman–Crippen LogP) is 0.631. The summed E-state index contributed by atoms with van der Waals surface area (Å²) in [6.45, 7) is 1.45. The molecule has 1 aromatic rings. The number of hydrogen-bond acceptors (Lipinski definition) is 4. The van der Waals surface area contributed by atoms with Crippen LogP contribution in [0.25, 0.3) is 0 Å². The molecule has 0 spiro atoms. The van der Waals surface area contributed by atoms with Crippen molar-refractivity contribution in [3.05, 3.63) is 17.3 Å². The Kier molecular flexibility index (Phi) is 2.41. The topological polar surface area (TPSA) is 72.3 Å².